The van der Waals surface area contributed by atoms with Gasteiger partial charge in [-0.15, -0.1) is 13.2 Å². The van der Waals surface area contributed by atoms with Crippen LogP contribution in [0.1, 0.15) is 12.8 Å². The van der Waals surface area contributed by atoms with Gasteiger partial charge < -0.3 is 9.47 Å². The SMILES string of the molecule is O=S(=O)(NC1CCOCC1)c1cc(S(=O)(=O)c2ccccc2)ccc1OC(F)(F)F. The Morgan fingerprint density at radius 1 is 0.933 bits per heavy atom. The number of sulfonamides is 1. The lowest BCUT2D eigenvalue weighted by Crippen LogP contribution is -2.39. The van der Waals surface area contributed by atoms with Gasteiger partial charge in [0.25, 0.3) is 0 Å². The molecule has 1 fully saturated rings. The van der Waals surface area contributed by atoms with Crippen molar-refractivity contribution in [1.82, 2.24) is 4.72 Å². The predicted molar refractivity (Wildman–Crippen MR) is 99.2 cm³/mol. The molecule has 30 heavy (non-hydrogen) atoms. The van der Waals surface area contributed by atoms with E-state index in [1.807, 2.05) is 0 Å². The van der Waals surface area contributed by atoms with E-state index in [1.54, 1.807) is 6.07 Å². The lowest BCUT2D eigenvalue weighted by molar-refractivity contribution is -0.275. The third-order valence-electron chi connectivity index (χ3n) is 4.34. The molecule has 0 radical (unpaired) electrons. The quantitative estimate of drug-likeness (QED) is 0.705. The molecule has 1 N–H and O–H groups in total. The van der Waals surface area contributed by atoms with E-state index in [0.717, 1.165) is 6.07 Å². The first-order valence-corrected chi connectivity index (χ1v) is 11.8. The molecule has 0 aliphatic carbocycles. The highest BCUT2D eigenvalue weighted by Crippen LogP contribution is 2.33. The molecule has 1 aliphatic rings. The minimum Gasteiger partial charge on any atom is -0.404 e. The van der Waals surface area contributed by atoms with Gasteiger partial charge in [0, 0.05) is 19.3 Å². The standard InChI is InChI=1S/C18H18F3NO6S2/c19-18(20,21)28-16-7-6-15(29(23,24)14-4-2-1-3-5-14)12-17(16)30(25,26)22-13-8-10-27-11-9-13/h1-7,12-13,22H,8-11H2. The number of benzene rings is 2. The molecular weight excluding hydrogens is 447 g/mol. The Morgan fingerprint density at radius 3 is 2.17 bits per heavy atom. The van der Waals surface area contributed by atoms with Crippen molar-refractivity contribution in [2.45, 2.75) is 39.9 Å². The lowest BCUT2D eigenvalue weighted by atomic mass is 10.1. The van der Waals surface area contributed by atoms with Crippen LogP contribution in [0.25, 0.3) is 0 Å². The van der Waals surface area contributed by atoms with Gasteiger partial charge in [-0.2, -0.15) is 0 Å². The van der Waals surface area contributed by atoms with Gasteiger partial charge in [0.15, 0.2) is 0 Å². The molecule has 0 spiro atoms. The number of ether oxygens (including phenoxy) is 2. The summed E-state index contributed by atoms with van der Waals surface area (Å²) in [6, 6.07) is 8.79. The lowest BCUT2D eigenvalue weighted by Gasteiger charge is -2.23. The molecule has 0 amide bonds. The molecular formula is C18H18F3NO6S2. The highest BCUT2D eigenvalue weighted by atomic mass is 32.2. The Bertz CT molecular complexity index is 1100. The fourth-order valence-corrected chi connectivity index (χ4v) is 5.75. The second-order valence-corrected chi connectivity index (χ2v) is 10.1. The zero-order chi connectivity index (χ0) is 22.0. The van der Waals surface area contributed by atoms with E-state index in [1.165, 1.54) is 24.3 Å². The molecule has 1 heterocycles. The number of nitrogens with one attached hydrogen (secondary N) is 1. The van der Waals surface area contributed by atoms with Crippen LogP contribution in [0.3, 0.4) is 0 Å². The molecule has 7 nitrogen and oxygen atoms in total. The number of hydrogen-bond acceptors (Lipinski definition) is 6. The van der Waals surface area contributed by atoms with Crippen molar-refractivity contribution in [2.24, 2.45) is 0 Å². The number of rotatable bonds is 6. The van der Waals surface area contributed by atoms with E-state index in [-0.39, 0.29) is 4.90 Å². The van der Waals surface area contributed by atoms with Gasteiger partial charge in [-0.05, 0) is 43.2 Å². The maximum Gasteiger partial charge on any atom is 0.573 e. The van der Waals surface area contributed by atoms with Crippen molar-refractivity contribution in [2.75, 3.05) is 13.2 Å². The first kappa shape index (κ1) is 22.5. The van der Waals surface area contributed by atoms with Crippen molar-refractivity contribution < 1.29 is 39.5 Å². The smallest absolute Gasteiger partial charge is 0.404 e. The summed E-state index contributed by atoms with van der Waals surface area (Å²) in [4.78, 5) is -1.52. The molecule has 3 rings (SSSR count). The number of halogens is 3. The Labute approximate surface area is 171 Å². The summed E-state index contributed by atoms with van der Waals surface area (Å²) in [5.74, 6) is -1.02. The molecule has 2 aromatic rings. The molecule has 2 aromatic carbocycles. The second kappa shape index (κ2) is 8.53. The molecule has 0 aromatic heterocycles. The van der Waals surface area contributed by atoms with Crippen LogP contribution in [-0.4, -0.2) is 42.5 Å². The van der Waals surface area contributed by atoms with Crippen LogP contribution in [-0.2, 0) is 24.6 Å². The second-order valence-electron chi connectivity index (χ2n) is 6.48. The molecule has 1 aliphatic heterocycles. The first-order valence-electron chi connectivity index (χ1n) is 8.79. The summed E-state index contributed by atoms with van der Waals surface area (Å²) in [5, 5.41) is 0. The van der Waals surface area contributed by atoms with Gasteiger partial charge in [0.2, 0.25) is 19.9 Å². The van der Waals surface area contributed by atoms with E-state index in [2.05, 4.69) is 9.46 Å². The van der Waals surface area contributed by atoms with Gasteiger partial charge in [-0.25, -0.2) is 21.6 Å². The summed E-state index contributed by atoms with van der Waals surface area (Å²) in [5.41, 5.74) is 0. The molecule has 12 heteroatoms. The van der Waals surface area contributed by atoms with Crippen LogP contribution in [0.15, 0.2) is 63.2 Å². The van der Waals surface area contributed by atoms with Crippen molar-refractivity contribution in [1.29, 1.82) is 0 Å². The van der Waals surface area contributed by atoms with Crippen LogP contribution in [0.5, 0.6) is 5.75 Å². The molecule has 164 valence electrons. The summed E-state index contributed by atoms with van der Waals surface area (Å²) >= 11 is 0. The maximum atomic E-state index is 12.8. The molecule has 0 atom stereocenters. The van der Waals surface area contributed by atoms with E-state index in [9.17, 15) is 30.0 Å². The summed E-state index contributed by atoms with van der Waals surface area (Å²) in [6.45, 7) is 0.586. The Balaban J connectivity index is 2.07. The summed E-state index contributed by atoms with van der Waals surface area (Å²) in [7, 11) is -8.69. The van der Waals surface area contributed by atoms with Crippen LogP contribution in [0, 0.1) is 0 Å². The third kappa shape index (κ3) is 5.31. The highest BCUT2D eigenvalue weighted by Gasteiger charge is 2.35. The van der Waals surface area contributed by atoms with Gasteiger partial charge >= 0.3 is 6.36 Å². The minimum atomic E-state index is -5.16. The van der Waals surface area contributed by atoms with Gasteiger partial charge in [-0.1, -0.05) is 18.2 Å². The van der Waals surface area contributed by atoms with Gasteiger partial charge in [0.1, 0.15) is 10.6 Å². The molecule has 1 saturated heterocycles. The normalized spacial score (nSPS) is 16.4. The van der Waals surface area contributed by atoms with Crippen LogP contribution in [0.2, 0.25) is 0 Å². The average molecular weight is 465 g/mol. The number of sulfone groups is 1. The fraction of sp³-hybridized carbons (Fsp3) is 0.333. The summed E-state index contributed by atoms with van der Waals surface area (Å²) < 4.78 is 101. The number of hydrogen-bond donors (Lipinski definition) is 1. The van der Waals surface area contributed by atoms with Crippen molar-refractivity contribution in [3.05, 3.63) is 48.5 Å². The van der Waals surface area contributed by atoms with Crippen molar-refractivity contribution in [3.63, 3.8) is 0 Å². The van der Waals surface area contributed by atoms with E-state index >= 15 is 0 Å². The van der Waals surface area contributed by atoms with Crippen LogP contribution < -0.4 is 9.46 Å². The predicted octanol–water partition coefficient (Wildman–Crippen LogP) is 2.88. The van der Waals surface area contributed by atoms with Crippen molar-refractivity contribution in [3.8, 4) is 5.75 Å². The Morgan fingerprint density at radius 2 is 1.57 bits per heavy atom. The minimum absolute atomic E-state index is 0.129. The highest BCUT2D eigenvalue weighted by molar-refractivity contribution is 7.91. The van der Waals surface area contributed by atoms with E-state index < -0.39 is 47.8 Å². The van der Waals surface area contributed by atoms with Crippen LogP contribution in [0.4, 0.5) is 13.2 Å². The van der Waals surface area contributed by atoms with E-state index in [4.69, 9.17) is 4.74 Å². The Hall–Kier alpha value is -2.15. The first-order chi connectivity index (χ1) is 14.0. The maximum absolute atomic E-state index is 12.8. The monoisotopic (exact) mass is 465 g/mol. The van der Waals surface area contributed by atoms with Gasteiger partial charge in [-0.3, -0.25) is 0 Å². The van der Waals surface area contributed by atoms with Crippen molar-refractivity contribution >= 4 is 19.9 Å². The zero-order valence-electron chi connectivity index (χ0n) is 15.4. The van der Waals surface area contributed by atoms with E-state index in [0.29, 0.717) is 38.2 Å². The van der Waals surface area contributed by atoms with Gasteiger partial charge in [0.05, 0.1) is 9.79 Å². The molecule has 0 unspecified atom stereocenters. The fourth-order valence-electron chi connectivity index (χ4n) is 2.91. The molecule has 0 bridgehead atoms. The average Bonchev–Trinajstić information content (AvgIpc) is 2.68. The molecule has 0 saturated carbocycles. The Kier molecular flexibility index (Phi) is 6.41. The topological polar surface area (TPSA) is 98.8 Å². The summed E-state index contributed by atoms with van der Waals surface area (Å²) in [6.07, 6.45) is -4.50. The van der Waals surface area contributed by atoms with Crippen LogP contribution >= 0.6 is 0 Å². The number of alkyl halides is 3. The zero-order valence-corrected chi connectivity index (χ0v) is 17.1. The third-order valence-corrected chi connectivity index (χ3v) is 7.65. The largest absolute Gasteiger partial charge is 0.573 e.